The van der Waals surface area contributed by atoms with Crippen LogP contribution in [0.1, 0.15) is 31.7 Å². The molecular weight excluding hydrogens is 202 g/mol. The lowest BCUT2D eigenvalue weighted by Crippen LogP contribution is -2.36. The van der Waals surface area contributed by atoms with E-state index in [1.807, 2.05) is 6.07 Å². The summed E-state index contributed by atoms with van der Waals surface area (Å²) in [5.41, 5.74) is 1.39. The number of hydrogen-bond acceptors (Lipinski definition) is 2. The Hall–Kier alpha value is -0.470. The van der Waals surface area contributed by atoms with E-state index in [-0.39, 0.29) is 0 Å². The molecule has 1 aromatic rings. The minimum absolute atomic E-state index is 0.738. The van der Waals surface area contributed by atoms with Crippen LogP contribution in [0.4, 0.5) is 0 Å². The Balaban J connectivity index is 2.01. The number of likely N-dealkylation sites (tertiary alicyclic amines) is 1. The Labute approximate surface area is 97.9 Å². The Morgan fingerprint density at radius 3 is 3.00 bits per heavy atom. The summed E-state index contributed by atoms with van der Waals surface area (Å²) in [6.07, 6.45) is 4.09. The first-order chi connectivity index (χ1) is 7.25. The van der Waals surface area contributed by atoms with Gasteiger partial charge in [0, 0.05) is 17.5 Å². The van der Waals surface area contributed by atoms with Crippen LogP contribution < -0.4 is 0 Å². The zero-order valence-corrected chi connectivity index (χ0v) is 10.2. The molecule has 1 aliphatic heterocycles. The van der Waals surface area contributed by atoms with Gasteiger partial charge >= 0.3 is 0 Å². The van der Waals surface area contributed by atoms with Crippen LogP contribution in [-0.4, -0.2) is 17.5 Å². The molecule has 1 fully saturated rings. The van der Waals surface area contributed by atoms with E-state index in [1.54, 1.807) is 0 Å². The molecule has 0 aliphatic carbocycles. The summed E-state index contributed by atoms with van der Waals surface area (Å²) in [7, 11) is 0. The largest absolute Gasteiger partial charge is 0.296 e. The molecule has 1 heterocycles. The molecule has 1 atom stereocenters. The number of piperidine rings is 1. The van der Waals surface area contributed by atoms with Crippen molar-refractivity contribution in [2.75, 3.05) is 6.54 Å². The van der Waals surface area contributed by atoms with Crippen LogP contribution in [0, 0.1) is 0 Å². The van der Waals surface area contributed by atoms with Crippen LogP contribution in [0.25, 0.3) is 0 Å². The molecule has 0 bridgehead atoms. The van der Waals surface area contributed by atoms with Crippen LogP contribution in [0.15, 0.2) is 29.2 Å². The van der Waals surface area contributed by atoms with Crippen molar-refractivity contribution in [3.63, 3.8) is 0 Å². The standard InChI is InChI=1S/C13H19NS/c1-11-5-2-3-8-14(11)10-12-6-4-7-13(15)9-12/h4,6-7,9,11,15H,2-3,5,8,10H2,1H3/t11-/m1/s1. The molecule has 0 amide bonds. The van der Waals surface area contributed by atoms with E-state index < -0.39 is 0 Å². The van der Waals surface area contributed by atoms with Crippen LogP contribution >= 0.6 is 12.6 Å². The third kappa shape index (κ3) is 2.99. The predicted molar refractivity (Wildman–Crippen MR) is 67.4 cm³/mol. The summed E-state index contributed by atoms with van der Waals surface area (Å²) in [6, 6.07) is 9.23. The Bertz CT molecular complexity index is 324. The van der Waals surface area contributed by atoms with Gasteiger partial charge in [-0.2, -0.15) is 0 Å². The molecule has 0 N–H and O–H groups in total. The first-order valence-electron chi connectivity index (χ1n) is 5.77. The molecule has 15 heavy (non-hydrogen) atoms. The van der Waals surface area contributed by atoms with Gasteiger partial charge in [0.25, 0.3) is 0 Å². The van der Waals surface area contributed by atoms with E-state index in [9.17, 15) is 0 Å². The van der Waals surface area contributed by atoms with Crippen LogP contribution in [0.2, 0.25) is 0 Å². The van der Waals surface area contributed by atoms with Gasteiger partial charge in [-0.3, -0.25) is 4.90 Å². The maximum atomic E-state index is 4.38. The molecular formula is C13H19NS. The zero-order chi connectivity index (χ0) is 10.7. The lowest BCUT2D eigenvalue weighted by molar-refractivity contribution is 0.152. The third-order valence-electron chi connectivity index (χ3n) is 3.24. The Morgan fingerprint density at radius 2 is 2.27 bits per heavy atom. The van der Waals surface area contributed by atoms with Crippen molar-refractivity contribution >= 4 is 12.6 Å². The lowest BCUT2D eigenvalue weighted by atomic mass is 10.0. The van der Waals surface area contributed by atoms with E-state index in [1.165, 1.54) is 31.4 Å². The van der Waals surface area contributed by atoms with E-state index in [0.717, 1.165) is 17.5 Å². The summed E-state index contributed by atoms with van der Waals surface area (Å²) in [4.78, 5) is 3.64. The third-order valence-corrected chi connectivity index (χ3v) is 3.51. The topological polar surface area (TPSA) is 3.24 Å². The average molecular weight is 221 g/mol. The zero-order valence-electron chi connectivity index (χ0n) is 9.32. The molecule has 2 rings (SSSR count). The molecule has 1 aliphatic rings. The van der Waals surface area contributed by atoms with Crippen molar-refractivity contribution in [2.24, 2.45) is 0 Å². The number of rotatable bonds is 2. The van der Waals surface area contributed by atoms with Crippen molar-refractivity contribution in [3.8, 4) is 0 Å². The molecule has 2 heteroatoms. The first-order valence-corrected chi connectivity index (χ1v) is 6.22. The monoisotopic (exact) mass is 221 g/mol. The predicted octanol–water partition coefficient (Wildman–Crippen LogP) is 3.35. The van der Waals surface area contributed by atoms with Crippen LogP contribution in [0.3, 0.4) is 0 Å². The quantitative estimate of drug-likeness (QED) is 0.750. The first kappa shape index (κ1) is 11.0. The van der Waals surface area contributed by atoms with Crippen molar-refractivity contribution in [1.29, 1.82) is 0 Å². The second kappa shape index (κ2) is 5.04. The van der Waals surface area contributed by atoms with Gasteiger partial charge in [0.2, 0.25) is 0 Å². The van der Waals surface area contributed by atoms with Gasteiger partial charge in [-0.1, -0.05) is 18.6 Å². The van der Waals surface area contributed by atoms with Gasteiger partial charge in [-0.15, -0.1) is 12.6 Å². The van der Waals surface area contributed by atoms with Crippen LogP contribution in [-0.2, 0) is 6.54 Å². The molecule has 1 aromatic carbocycles. The summed E-state index contributed by atoms with van der Waals surface area (Å²) in [5.74, 6) is 0. The molecule has 0 aromatic heterocycles. The van der Waals surface area contributed by atoms with Crippen molar-refractivity contribution < 1.29 is 0 Å². The van der Waals surface area contributed by atoms with Crippen molar-refractivity contribution in [1.82, 2.24) is 4.90 Å². The van der Waals surface area contributed by atoms with Gasteiger partial charge in [-0.25, -0.2) is 0 Å². The van der Waals surface area contributed by atoms with Gasteiger partial charge in [0.05, 0.1) is 0 Å². The molecule has 0 spiro atoms. The molecule has 0 unspecified atom stereocenters. The van der Waals surface area contributed by atoms with E-state index in [4.69, 9.17) is 0 Å². The fraction of sp³-hybridized carbons (Fsp3) is 0.538. The highest BCUT2D eigenvalue weighted by molar-refractivity contribution is 7.80. The van der Waals surface area contributed by atoms with Gasteiger partial charge in [0.15, 0.2) is 0 Å². The fourth-order valence-corrected chi connectivity index (χ4v) is 2.53. The van der Waals surface area contributed by atoms with E-state index >= 15 is 0 Å². The summed E-state index contributed by atoms with van der Waals surface area (Å²) in [6.45, 7) is 4.66. The second-order valence-electron chi connectivity index (χ2n) is 4.49. The highest BCUT2D eigenvalue weighted by atomic mass is 32.1. The highest BCUT2D eigenvalue weighted by Gasteiger charge is 2.17. The van der Waals surface area contributed by atoms with E-state index in [2.05, 4.69) is 42.7 Å². The smallest absolute Gasteiger partial charge is 0.0236 e. The maximum Gasteiger partial charge on any atom is 0.0236 e. The SMILES string of the molecule is C[C@@H]1CCCCN1Cc1cccc(S)c1. The number of hydrogen-bond donors (Lipinski definition) is 1. The Morgan fingerprint density at radius 1 is 1.40 bits per heavy atom. The van der Waals surface area contributed by atoms with Gasteiger partial charge in [0.1, 0.15) is 0 Å². The Kier molecular flexibility index (Phi) is 3.71. The normalized spacial score (nSPS) is 22.9. The molecule has 0 saturated carbocycles. The second-order valence-corrected chi connectivity index (χ2v) is 5.00. The van der Waals surface area contributed by atoms with Crippen molar-refractivity contribution in [2.45, 2.75) is 43.7 Å². The van der Waals surface area contributed by atoms with Crippen molar-refractivity contribution in [3.05, 3.63) is 29.8 Å². The maximum absolute atomic E-state index is 4.38. The molecule has 0 radical (unpaired) electrons. The molecule has 82 valence electrons. The molecule has 1 saturated heterocycles. The summed E-state index contributed by atoms with van der Waals surface area (Å²) < 4.78 is 0. The van der Waals surface area contributed by atoms with Gasteiger partial charge in [-0.05, 0) is 44.0 Å². The number of benzene rings is 1. The van der Waals surface area contributed by atoms with Crippen LogP contribution in [0.5, 0.6) is 0 Å². The van der Waals surface area contributed by atoms with Gasteiger partial charge < -0.3 is 0 Å². The highest BCUT2D eigenvalue weighted by Crippen LogP contribution is 2.19. The average Bonchev–Trinajstić information content (AvgIpc) is 2.22. The number of thiol groups is 1. The number of nitrogens with zero attached hydrogens (tertiary/aromatic N) is 1. The lowest BCUT2D eigenvalue weighted by Gasteiger charge is -2.33. The fourth-order valence-electron chi connectivity index (χ4n) is 2.28. The minimum atomic E-state index is 0.738. The molecule has 1 nitrogen and oxygen atoms in total. The summed E-state index contributed by atoms with van der Waals surface area (Å²) >= 11 is 4.38. The minimum Gasteiger partial charge on any atom is -0.296 e. The van der Waals surface area contributed by atoms with E-state index in [0.29, 0.717) is 0 Å². The summed E-state index contributed by atoms with van der Waals surface area (Å²) in [5, 5.41) is 0.